The van der Waals surface area contributed by atoms with E-state index in [0.29, 0.717) is 33.8 Å². The Kier molecular flexibility index (Phi) is 4.73. The number of benzene rings is 2. The van der Waals surface area contributed by atoms with Gasteiger partial charge in [0.2, 0.25) is 6.10 Å². The predicted molar refractivity (Wildman–Crippen MR) is 99.5 cm³/mol. The molecule has 1 aliphatic heterocycles. The highest BCUT2D eigenvalue weighted by atomic mass is 35.5. The standard InChI is InChI=1S/C20H15ClO6/c21-8-9-24-20(23)18-11-25-19-13(5-3-7-16(19)27-18)17-10-14(22)12-4-1-2-6-15(12)26-17/h1-7,10,18H,8-9,11H2. The molecule has 0 bridgehead atoms. The number of esters is 1. The molecule has 2 heterocycles. The lowest BCUT2D eigenvalue weighted by atomic mass is 10.1. The normalized spacial score (nSPS) is 15.5. The molecule has 0 saturated heterocycles. The molecule has 2 aromatic carbocycles. The van der Waals surface area contributed by atoms with Crippen LogP contribution in [-0.4, -0.2) is 31.2 Å². The molecule has 1 aromatic heterocycles. The third-order valence-corrected chi connectivity index (χ3v) is 4.27. The first-order valence-corrected chi connectivity index (χ1v) is 8.89. The van der Waals surface area contributed by atoms with E-state index in [9.17, 15) is 9.59 Å². The predicted octanol–water partition coefficient (Wildman–Crippen LogP) is 3.38. The van der Waals surface area contributed by atoms with Crippen molar-refractivity contribution in [2.75, 3.05) is 19.1 Å². The largest absolute Gasteiger partial charge is 0.484 e. The quantitative estimate of drug-likeness (QED) is 0.505. The molecule has 1 atom stereocenters. The zero-order chi connectivity index (χ0) is 18.8. The second kappa shape index (κ2) is 7.32. The minimum absolute atomic E-state index is 0.0110. The molecule has 0 aliphatic carbocycles. The summed E-state index contributed by atoms with van der Waals surface area (Å²) in [6.45, 7) is 0.0956. The van der Waals surface area contributed by atoms with Crippen molar-refractivity contribution in [1.82, 2.24) is 0 Å². The van der Waals surface area contributed by atoms with E-state index in [4.69, 9.17) is 30.2 Å². The lowest BCUT2D eigenvalue weighted by Crippen LogP contribution is -2.38. The van der Waals surface area contributed by atoms with Gasteiger partial charge in [0.15, 0.2) is 16.9 Å². The average molecular weight is 387 g/mol. The van der Waals surface area contributed by atoms with E-state index < -0.39 is 12.1 Å². The second-order valence-electron chi connectivity index (χ2n) is 5.88. The van der Waals surface area contributed by atoms with Crippen molar-refractivity contribution in [3.05, 3.63) is 58.8 Å². The molecule has 6 nitrogen and oxygen atoms in total. The van der Waals surface area contributed by atoms with Gasteiger partial charge in [0.1, 0.15) is 24.6 Å². The SMILES string of the molecule is O=C(OCCCl)C1COc2c(cccc2-c2cc(=O)c3ccccc3o2)O1. The van der Waals surface area contributed by atoms with Crippen LogP contribution in [0.2, 0.25) is 0 Å². The average Bonchev–Trinajstić information content (AvgIpc) is 2.71. The molecule has 3 aromatic rings. The molecule has 0 saturated carbocycles. The number of para-hydroxylation sites is 2. The summed E-state index contributed by atoms with van der Waals surface area (Å²) in [4.78, 5) is 24.3. The number of hydrogen-bond acceptors (Lipinski definition) is 6. The monoisotopic (exact) mass is 386 g/mol. The molecule has 1 aliphatic rings. The number of carbonyl (C=O) groups is 1. The minimum atomic E-state index is -0.875. The van der Waals surface area contributed by atoms with Gasteiger partial charge in [0.25, 0.3) is 0 Å². The maximum Gasteiger partial charge on any atom is 0.351 e. The van der Waals surface area contributed by atoms with Crippen LogP contribution in [0.15, 0.2) is 57.7 Å². The van der Waals surface area contributed by atoms with Crippen LogP contribution in [0.4, 0.5) is 0 Å². The highest BCUT2D eigenvalue weighted by molar-refractivity contribution is 6.18. The lowest BCUT2D eigenvalue weighted by molar-refractivity contribution is -0.153. The van der Waals surface area contributed by atoms with Crippen LogP contribution in [0.5, 0.6) is 11.5 Å². The summed E-state index contributed by atoms with van der Waals surface area (Å²) < 4.78 is 22.3. The number of hydrogen-bond donors (Lipinski definition) is 0. The first-order chi connectivity index (χ1) is 13.2. The van der Waals surface area contributed by atoms with Gasteiger partial charge in [-0.05, 0) is 24.3 Å². The highest BCUT2D eigenvalue weighted by Crippen LogP contribution is 2.41. The Bertz CT molecular complexity index is 1060. The van der Waals surface area contributed by atoms with E-state index in [1.54, 1.807) is 42.5 Å². The Morgan fingerprint density at radius 3 is 2.89 bits per heavy atom. The van der Waals surface area contributed by atoms with Crippen LogP contribution in [0.25, 0.3) is 22.3 Å². The smallest absolute Gasteiger partial charge is 0.351 e. The van der Waals surface area contributed by atoms with E-state index in [-0.39, 0.29) is 24.5 Å². The summed E-state index contributed by atoms with van der Waals surface area (Å²) in [6, 6.07) is 13.6. The Morgan fingerprint density at radius 1 is 1.19 bits per heavy atom. The third kappa shape index (κ3) is 3.36. The fourth-order valence-corrected chi connectivity index (χ4v) is 2.96. The van der Waals surface area contributed by atoms with E-state index in [1.165, 1.54) is 6.07 Å². The van der Waals surface area contributed by atoms with Crippen LogP contribution in [0.3, 0.4) is 0 Å². The molecular formula is C20H15ClO6. The van der Waals surface area contributed by atoms with Gasteiger partial charge in [-0.1, -0.05) is 18.2 Å². The number of ether oxygens (including phenoxy) is 3. The summed E-state index contributed by atoms with van der Waals surface area (Å²) in [5, 5.41) is 0.505. The molecule has 0 N–H and O–H groups in total. The van der Waals surface area contributed by atoms with Crippen molar-refractivity contribution in [3.63, 3.8) is 0 Å². The van der Waals surface area contributed by atoms with Gasteiger partial charge in [-0.2, -0.15) is 0 Å². The van der Waals surface area contributed by atoms with Crippen LogP contribution in [0, 0.1) is 0 Å². The van der Waals surface area contributed by atoms with Crippen LogP contribution in [0.1, 0.15) is 0 Å². The van der Waals surface area contributed by atoms with Gasteiger partial charge < -0.3 is 18.6 Å². The third-order valence-electron chi connectivity index (χ3n) is 4.11. The van der Waals surface area contributed by atoms with E-state index >= 15 is 0 Å². The molecule has 1 unspecified atom stereocenters. The van der Waals surface area contributed by atoms with Crippen LogP contribution < -0.4 is 14.9 Å². The Balaban J connectivity index is 1.69. The van der Waals surface area contributed by atoms with Crippen molar-refractivity contribution >= 4 is 28.5 Å². The summed E-state index contributed by atoms with van der Waals surface area (Å²) in [5.74, 6) is 0.826. The Hall–Kier alpha value is -2.99. The second-order valence-corrected chi connectivity index (χ2v) is 6.26. The number of fused-ring (bicyclic) bond motifs is 2. The molecule has 0 fully saturated rings. The molecule has 0 spiro atoms. The van der Waals surface area contributed by atoms with Crippen molar-refractivity contribution in [2.45, 2.75) is 6.10 Å². The first kappa shape index (κ1) is 17.4. The van der Waals surface area contributed by atoms with Gasteiger partial charge >= 0.3 is 5.97 Å². The van der Waals surface area contributed by atoms with Gasteiger partial charge in [-0.3, -0.25) is 4.79 Å². The van der Waals surface area contributed by atoms with Crippen LogP contribution in [-0.2, 0) is 9.53 Å². The molecule has 27 heavy (non-hydrogen) atoms. The number of alkyl halides is 1. The Labute approximate surface area is 159 Å². The zero-order valence-corrected chi connectivity index (χ0v) is 14.9. The molecule has 138 valence electrons. The molecule has 7 heteroatoms. The summed E-state index contributed by atoms with van der Waals surface area (Å²) in [7, 11) is 0. The van der Waals surface area contributed by atoms with E-state index in [0.717, 1.165) is 0 Å². The van der Waals surface area contributed by atoms with Crippen molar-refractivity contribution in [2.24, 2.45) is 0 Å². The van der Waals surface area contributed by atoms with Gasteiger partial charge in [-0.25, -0.2) is 4.79 Å². The van der Waals surface area contributed by atoms with E-state index in [2.05, 4.69) is 0 Å². The lowest BCUT2D eigenvalue weighted by Gasteiger charge is -2.26. The molecular weight excluding hydrogens is 372 g/mol. The molecule has 4 rings (SSSR count). The van der Waals surface area contributed by atoms with Crippen molar-refractivity contribution in [3.8, 4) is 22.8 Å². The maximum atomic E-state index is 12.4. The zero-order valence-electron chi connectivity index (χ0n) is 14.1. The van der Waals surface area contributed by atoms with E-state index in [1.807, 2.05) is 0 Å². The summed E-state index contributed by atoms with van der Waals surface area (Å²) in [5.41, 5.74) is 0.906. The number of rotatable bonds is 4. The molecule has 0 radical (unpaired) electrons. The van der Waals surface area contributed by atoms with Crippen molar-refractivity contribution in [1.29, 1.82) is 0 Å². The fourth-order valence-electron chi connectivity index (χ4n) is 2.88. The molecule has 0 amide bonds. The van der Waals surface area contributed by atoms with Crippen LogP contribution >= 0.6 is 11.6 Å². The topological polar surface area (TPSA) is 75.0 Å². The Morgan fingerprint density at radius 2 is 2.04 bits per heavy atom. The van der Waals surface area contributed by atoms with Gasteiger partial charge in [0.05, 0.1) is 16.8 Å². The maximum absolute atomic E-state index is 12.4. The summed E-state index contributed by atoms with van der Waals surface area (Å²) in [6.07, 6.45) is -0.875. The number of halogens is 1. The fraction of sp³-hybridized carbons (Fsp3) is 0.200. The van der Waals surface area contributed by atoms with Gasteiger partial charge in [0, 0.05) is 6.07 Å². The van der Waals surface area contributed by atoms with Crippen molar-refractivity contribution < 1.29 is 23.4 Å². The summed E-state index contributed by atoms with van der Waals surface area (Å²) >= 11 is 5.52. The highest BCUT2D eigenvalue weighted by Gasteiger charge is 2.30. The first-order valence-electron chi connectivity index (χ1n) is 8.35. The number of carbonyl (C=O) groups excluding carboxylic acids is 1. The minimum Gasteiger partial charge on any atom is -0.484 e. The van der Waals surface area contributed by atoms with Gasteiger partial charge in [-0.15, -0.1) is 11.6 Å².